The maximum atomic E-state index is 12.9. The van der Waals surface area contributed by atoms with E-state index >= 15 is 0 Å². The van der Waals surface area contributed by atoms with Crippen molar-refractivity contribution in [2.24, 2.45) is 5.92 Å². The number of rotatable bonds is 46. The predicted octanol–water partition coefficient (Wildman–Crippen LogP) is 14.0. The Labute approximate surface area is 371 Å². The number of unbranched alkanes of at least 4 members (excludes halogenated alkanes) is 20. The van der Waals surface area contributed by atoms with Gasteiger partial charge in [-0.1, -0.05) is 176 Å². The van der Waals surface area contributed by atoms with Crippen molar-refractivity contribution in [3.63, 3.8) is 0 Å². The Kier molecular flexibility index (Phi) is 43.8. The molecule has 0 radical (unpaired) electrons. The maximum Gasteiger partial charge on any atom is 0.508 e. The molecule has 9 heteroatoms. The number of likely N-dealkylation sites (N-methyl/N-ethyl adjacent to an activating group) is 1. The van der Waals surface area contributed by atoms with Crippen LogP contribution in [0.25, 0.3) is 0 Å². The first kappa shape index (κ1) is 58.1. The molecule has 0 aliphatic carbocycles. The lowest BCUT2D eigenvalue weighted by molar-refractivity contribution is -0.145. The van der Waals surface area contributed by atoms with E-state index in [1.165, 1.54) is 109 Å². The number of ether oxygens (including phenoxy) is 4. The lowest BCUT2D eigenvalue weighted by Gasteiger charge is -2.26. The number of hydrogen-bond donors (Lipinski definition) is 0. The topological polar surface area (TPSA) is 94.6 Å². The van der Waals surface area contributed by atoms with Crippen molar-refractivity contribution in [2.45, 2.75) is 247 Å². The molecule has 0 aromatic heterocycles. The van der Waals surface area contributed by atoms with Crippen LogP contribution in [0.15, 0.2) is 0 Å². The third-order valence-corrected chi connectivity index (χ3v) is 12.1. The quantitative estimate of drug-likeness (QED) is 0.0337. The molecule has 0 heterocycles. The van der Waals surface area contributed by atoms with Gasteiger partial charge < -0.3 is 23.8 Å². The Hall–Kier alpha value is -1.87. The van der Waals surface area contributed by atoms with Crippen LogP contribution in [-0.2, 0) is 28.5 Å². The molecule has 2 atom stereocenters. The van der Waals surface area contributed by atoms with Gasteiger partial charge in [-0.25, -0.2) is 4.79 Å². The number of carbonyl (C=O) groups excluding carboxylic acids is 3. The average molecular weight is 853 g/mol. The molecule has 0 N–H and O–H groups in total. The van der Waals surface area contributed by atoms with Gasteiger partial charge in [0.1, 0.15) is 19.3 Å². The van der Waals surface area contributed by atoms with Crippen LogP contribution in [0.5, 0.6) is 0 Å². The van der Waals surface area contributed by atoms with Crippen molar-refractivity contribution in [2.75, 3.05) is 59.1 Å². The van der Waals surface area contributed by atoms with E-state index in [2.05, 4.69) is 51.3 Å². The molecule has 0 aromatic rings. The molecule has 356 valence electrons. The van der Waals surface area contributed by atoms with Gasteiger partial charge in [-0.05, 0) is 70.4 Å². The molecular weight excluding hydrogens is 753 g/mol. The van der Waals surface area contributed by atoms with Gasteiger partial charge >= 0.3 is 18.1 Å². The summed E-state index contributed by atoms with van der Waals surface area (Å²) in [6.07, 6.45) is 33.7. The summed E-state index contributed by atoms with van der Waals surface area (Å²) in [7, 11) is 0. The summed E-state index contributed by atoms with van der Waals surface area (Å²) in [5.41, 5.74) is 0. The summed E-state index contributed by atoms with van der Waals surface area (Å²) in [5.74, 6) is 0.365. The summed E-state index contributed by atoms with van der Waals surface area (Å²) in [6, 6.07) is 0. The minimum atomic E-state index is -0.577. The number of hydrogen-bond acceptors (Lipinski definition) is 9. The monoisotopic (exact) mass is 853 g/mol. The lowest BCUT2D eigenvalue weighted by atomic mass is 9.96. The Balaban J connectivity index is 4.57. The molecule has 0 fully saturated rings. The third kappa shape index (κ3) is 39.0. The van der Waals surface area contributed by atoms with Crippen molar-refractivity contribution in [3.05, 3.63) is 0 Å². The number of carbonyl (C=O) groups is 3. The van der Waals surface area contributed by atoms with Gasteiger partial charge in [-0.2, -0.15) is 0 Å². The molecule has 0 spiro atoms. The Morgan fingerprint density at radius 3 is 1.32 bits per heavy atom. The minimum absolute atomic E-state index is 0.0346. The molecule has 0 rings (SSSR count). The van der Waals surface area contributed by atoms with Crippen molar-refractivity contribution in [3.8, 4) is 0 Å². The second-order valence-corrected chi connectivity index (χ2v) is 17.6. The van der Waals surface area contributed by atoms with E-state index in [4.69, 9.17) is 18.9 Å². The highest BCUT2D eigenvalue weighted by Crippen LogP contribution is 2.20. The highest BCUT2D eigenvalue weighted by Gasteiger charge is 2.17. The van der Waals surface area contributed by atoms with Crippen LogP contribution in [0.1, 0.15) is 241 Å². The van der Waals surface area contributed by atoms with E-state index in [-0.39, 0.29) is 24.6 Å². The third-order valence-electron chi connectivity index (χ3n) is 12.1. The Morgan fingerprint density at radius 1 is 0.400 bits per heavy atom. The van der Waals surface area contributed by atoms with E-state index in [9.17, 15) is 14.4 Å². The van der Waals surface area contributed by atoms with Crippen LogP contribution in [-0.4, -0.2) is 93.1 Å². The van der Waals surface area contributed by atoms with Gasteiger partial charge in [0.15, 0.2) is 0 Å². The molecule has 60 heavy (non-hydrogen) atoms. The van der Waals surface area contributed by atoms with Gasteiger partial charge in [0, 0.05) is 39.0 Å². The second-order valence-electron chi connectivity index (χ2n) is 17.6. The summed E-state index contributed by atoms with van der Waals surface area (Å²) in [4.78, 5) is 42.4. The Morgan fingerprint density at radius 2 is 0.800 bits per heavy atom. The minimum Gasteiger partial charge on any atom is -0.465 e. The SMILES string of the molecule is CCCCCCCCCCCC(=O)OCCN(CCOC(=O)OC(CCCCCC)CCCCCCCCC(=O)OCC(CCCC)CCCCCC)CCN(CC)CC. The van der Waals surface area contributed by atoms with E-state index in [0.29, 0.717) is 45.1 Å². The largest absolute Gasteiger partial charge is 0.508 e. The lowest BCUT2D eigenvalue weighted by Crippen LogP contribution is -2.39. The van der Waals surface area contributed by atoms with Crippen molar-refractivity contribution >= 4 is 18.1 Å². The maximum absolute atomic E-state index is 12.9. The fraction of sp³-hybridized carbons (Fsp3) is 0.941. The average Bonchev–Trinajstić information content (AvgIpc) is 3.24. The van der Waals surface area contributed by atoms with Crippen LogP contribution in [0.3, 0.4) is 0 Å². The van der Waals surface area contributed by atoms with Gasteiger partial charge in [-0.15, -0.1) is 0 Å². The number of nitrogens with zero attached hydrogens (tertiary/aromatic N) is 2. The first-order chi connectivity index (χ1) is 29.3. The normalized spacial score (nSPS) is 12.5. The van der Waals surface area contributed by atoms with Crippen LogP contribution in [0.2, 0.25) is 0 Å². The molecule has 0 saturated carbocycles. The van der Waals surface area contributed by atoms with E-state index < -0.39 is 6.16 Å². The first-order valence-corrected chi connectivity index (χ1v) is 25.9. The summed E-state index contributed by atoms with van der Waals surface area (Å²) < 4.78 is 22.9. The molecule has 0 amide bonds. The fourth-order valence-electron chi connectivity index (χ4n) is 7.88. The van der Waals surface area contributed by atoms with Crippen molar-refractivity contribution in [1.29, 1.82) is 0 Å². The number of esters is 2. The van der Waals surface area contributed by atoms with Crippen LogP contribution in [0, 0.1) is 5.92 Å². The molecule has 9 nitrogen and oxygen atoms in total. The summed E-state index contributed by atoms with van der Waals surface area (Å²) in [5, 5.41) is 0. The summed E-state index contributed by atoms with van der Waals surface area (Å²) >= 11 is 0. The van der Waals surface area contributed by atoms with E-state index in [1.54, 1.807) is 0 Å². The molecular formula is C51H100N2O7. The molecule has 0 aliphatic heterocycles. The highest BCUT2D eigenvalue weighted by atomic mass is 16.7. The fourth-order valence-corrected chi connectivity index (χ4v) is 7.88. The highest BCUT2D eigenvalue weighted by molar-refractivity contribution is 5.69. The summed E-state index contributed by atoms with van der Waals surface area (Å²) in [6.45, 7) is 19.3. The molecule has 2 unspecified atom stereocenters. The van der Waals surface area contributed by atoms with Gasteiger partial charge in [0.25, 0.3) is 0 Å². The smallest absolute Gasteiger partial charge is 0.465 e. The molecule has 0 aromatic carbocycles. The standard InChI is InChI=1S/C51H100N2O7/c1-7-13-17-20-21-22-23-27-32-38-49(54)57-44-42-53(41-40-52(11-5)12-6)43-45-58-51(56)60-48(36-30-19-15-9-3)37-31-26-24-25-28-33-39-50(55)59-46-47(34-16-10-4)35-29-18-14-8-2/h47-48H,7-46H2,1-6H3. The first-order valence-electron chi connectivity index (χ1n) is 25.9. The van der Waals surface area contributed by atoms with Crippen LogP contribution in [0.4, 0.5) is 4.79 Å². The van der Waals surface area contributed by atoms with E-state index in [0.717, 1.165) is 103 Å². The molecule has 0 bridgehead atoms. The molecule has 0 saturated heterocycles. The van der Waals surface area contributed by atoms with Crippen LogP contribution >= 0.6 is 0 Å². The van der Waals surface area contributed by atoms with Crippen molar-refractivity contribution in [1.82, 2.24) is 9.80 Å². The zero-order valence-corrected chi connectivity index (χ0v) is 40.7. The zero-order valence-electron chi connectivity index (χ0n) is 40.7. The molecule has 0 aliphatic rings. The van der Waals surface area contributed by atoms with Gasteiger partial charge in [0.2, 0.25) is 0 Å². The van der Waals surface area contributed by atoms with Crippen LogP contribution < -0.4 is 0 Å². The van der Waals surface area contributed by atoms with E-state index in [1.807, 2.05) is 0 Å². The zero-order chi connectivity index (χ0) is 44.2. The van der Waals surface area contributed by atoms with Gasteiger partial charge in [0.05, 0.1) is 6.61 Å². The van der Waals surface area contributed by atoms with Gasteiger partial charge in [-0.3, -0.25) is 14.5 Å². The predicted molar refractivity (Wildman–Crippen MR) is 252 cm³/mol. The second kappa shape index (κ2) is 45.2. The van der Waals surface area contributed by atoms with Crippen molar-refractivity contribution < 1.29 is 33.3 Å². The Bertz CT molecular complexity index is 946.